The summed E-state index contributed by atoms with van der Waals surface area (Å²) in [5.41, 5.74) is 1.37. The fourth-order valence-electron chi connectivity index (χ4n) is 2.54. The van der Waals surface area contributed by atoms with E-state index >= 15 is 0 Å². The van der Waals surface area contributed by atoms with E-state index in [0.717, 1.165) is 31.5 Å². The van der Waals surface area contributed by atoms with Crippen LogP contribution in [0.1, 0.15) is 36.0 Å². The van der Waals surface area contributed by atoms with Gasteiger partial charge in [0.15, 0.2) is 0 Å². The van der Waals surface area contributed by atoms with Gasteiger partial charge in [-0.3, -0.25) is 9.59 Å². The first-order chi connectivity index (χ1) is 10.2. The Balaban J connectivity index is 1.50. The molecule has 0 radical (unpaired) electrons. The zero-order chi connectivity index (χ0) is 14.7. The van der Waals surface area contributed by atoms with Crippen LogP contribution in [0.2, 0.25) is 0 Å². The summed E-state index contributed by atoms with van der Waals surface area (Å²) < 4.78 is 0. The van der Waals surface area contributed by atoms with Gasteiger partial charge >= 0.3 is 0 Å². The average molecular weight is 287 g/mol. The lowest BCUT2D eigenvalue weighted by Gasteiger charge is -2.11. The minimum Gasteiger partial charge on any atom is -0.350 e. The largest absolute Gasteiger partial charge is 0.350 e. The molecule has 2 fully saturated rings. The minimum absolute atomic E-state index is 0.0660. The molecule has 1 saturated carbocycles. The molecular formula is C16H21N3O2. The van der Waals surface area contributed by atoms with Gasteiger partial charge < -0.3 is 16.0 Å². The van der Waals surface area contributed by atoms with Crippen LogP contribution in [0.3, 0.4) is 0 Å². The first kappa shape index (κ1) is 14.1. The highest BCUT2D eigenvalue weighted by Gasteiger charge is 2.29. The van der Waals surface area contributed by atoms with Crippen LogP contribution in [0.25, 0.3) is 0 Å². The molecule has 1 aliphatic heterocycles. The van der Waals surface area contributed by atoms with Crippen LogP contribution in [0.4, 0.5) is 5.69 Å². The van der Waals surface area contributed by atoms with Crippen molar-refractivity contribution in [3.8, 4) is 0 Å². The van der Waals surface area contributed by atoms with Crippen molar-refractivity contribution in [3.05, 3.63) is 29.8 Å². The molecule has 1 aromatic carbocycles. The lowest BCUT2D eigenvalue weighted by atomic mass is 10.1. The average Bonchev–Trinajstić information content (AvgIpc) is 3.23. The monoisotopic (exact) mass is 287 g/mol. The summed E-state index contributed by atoms with van der Waals surface area (Å²) in [6.45, 7) is 1.70. The number of hydrogen-bond donors (Lipinski definition) is 3. The van der Waals surface area contributed by atoms with Gasteiger partial charge in [0, 0.05) is 29.8 Å². The maximum Gasteiger partial charge on any atom is 0.251 e. The number of nitrogens with one attached hydrogen (secondary N) is 3. The van der Waals surface area contributed by atoms with Crippen molar-refractivity contribution >= 4 is 17.5 Å². The standard InChI is InChI=1S/C16H21N3O2/c20-15(18-10-14-2-1-9-17-14)11-5-7-13(8-6-11)19-16(21)12-3-4-12/h5-8,12,14,17H,1-4,9-10H2,(H,18,20)(H,19,21). The summed E-state index contributed by atoms with van der Waals surface area (Å²) >= 11 is 0. The van der Waals surface area contributed by atoms with Gasteiger partial charge in [-0.25, -0.2) is 0 Å². The van der Waals surface area contributed by atoms with E-state index in [9.17, 15) is 9.59 Å². The summed E-state index contributed by atoms with van der Waals surface area (Å²) in [6, 6.07) is 7.46. The Hall–Kier alpha value is -1.88. The predicted molar refractivity (Wildman–Crippen MR) is 81.2 cm³/mol. The quantitative estimate of drug-likeness (QED) is 0.769. The molecule has 0 aromatic heterocycles. The Bertz CT molecular complexity index is 517. The van der Waals surface area contributed by atoms with Crippen LogP contribution in [0, 0.1) is 5.92 Å². The lowest BCUT2D eigenvalue weighted by molar-refractivity contribution is -0.117. The van der Waals surface area contributed by atoms with Gasteiger partial charge in [-0.05, 0) is 56.5 Å². The second-order valence-corrected chi connectivity index (χ2v) is 5.84. The van der Waals surface area contributed by atoms with Crippen molar-refractivity contribution in [2.45, 2.75) is 31.7 Å². The Morgan fingerprint density at radius 3 is 2.52 bits per heavy atom. The number of rotatable bonds is 5. The minimum atomic E-state index is -0.0660. The fraction of sp³-hybridized carbons (Fsp3) is 0.500. The number of anilines is 1. The predicted octanol–water partition coefficient (Wildman–Crippen LogP) is 1.52. The first-order valence-electron chi connectivity index (χ1n) is 7.65. The van der Waals surface area contributed by atoms with Crippen molar-refractivity contribution in [1.29, 1.82) is 0 Å². The highest BCUT2D eigenvalue weighted by atomic mass is 16.2. The maximum absolute atomic E-state index is 12.0. The molecule has 1 aliphatic carbocycles. The van der Waals surface area contributed by atoms with Crippen LogP contribution in [-0.2, 0) is 4.79 Å². The summed E-state index contributed by atoms with van der Waals surface area (Å²) in [6.07, 6.45) is 4.27. The van der Waals surface area contributed by atoms with Gasteiger partial charge in [-0.2, -0.15) is 0 Å². The zero-order valence-corrected chi connectivity index (χ0v) is 12.0. The van der Waals surface area contributed by atoms with Crippen LogP contribution in [0.5, 0.6) is 0 Å². The molecule has 112 valence electrons. The zero-order valence-electron chi connectivity index (χ0n) is 12.0. The van der Waals surface area contributed by atoms with Crippen LogP contribution < -0.4 is 16.0 Å². The molecule has 2 aliphatic rings. The van der Waals surface area contributed by atoms with E-state index in [-0.39, 0.29) is 17.7 Å². The molecule has 1 atom stereocenters. The molecule has 1 heterocycles. The van der Waals surface area contributed by atoms with Gasteiger partial charge in [0.05, 0.1) is 0 Å². The lowest BCUT2D eigenvalue weighted by Crippen LogP contribution is -2.37. The Morgan fingerprint density at radius 1 is 1.14 bits per heavy atom. The molecule has 21 heavy (non-hydrogen) atoms. The van der Waals surface area contributed by atoms with Gasteiger partial charge in [0.25, 0.3) is 5.91 Å². The third kappa shape index (κ3) is 3.82. The number of carbonyl (C=O) groups excluding carboxylic acids is 2. The highest BCUT2D eigenvalue weighted by molar-refractivity contribution is 5.96. The normalized spacial score (nSPS) is 21.0. The fourth-order valence-corrected chi connectivity index (χ4v) is 2.54. The molecule has 0 spiro atoms. The van der Waals surface area contributed by atoms with Crippen molar-refractivity contribution < 1.29 is 9.59 Å². The maximum atomic E-state index is 12.0. The molecule has 3 N–H and O–H groups in total. The molecular weight excluding hydrogens is 266 g/mol. The summed E-state index contributed by atoms with van der Waals surface area (Å²) in [4.78, 5) is 23.7. The number of benzene rings is 1. The van der Waals surface area contributed by atoms with E-state index < -0.39 is 0 Å². The first-order valence-corrected chi connectivity index (χ1v) is 7.65. The highest BCUT2D eigenvalue weighted by Crippen LogP contribution is 2.30. The van der Waals surface area contributed by atoms with E-state index in [1.54, 1.807) is 24.3 Å². The Kier molecular flexibility index (Phi) is 4.20. The SMILES string of the molecule is O=C(NCC1CCCN1)c1ccc(NC(=O)C2CC2)cc1. The van der Waals surface area contributed by atoms with Gasteiger partial charge in [-0.1, -0.05) is 0 Å². The molecule has 1 aromatic rings. The molecule has 1 saturated heterocycles. The third-order valence-electron chi connectivity index (χ3n) is 4.03. The summed E-state index contributed by atoms with van der Waals surface area (Å²) in [5.74, 6) is 0.204. The second-order valence-electron chi connectivity index (χ2n) is 5.84. The number of carbonyl (C=O) groups is 2. The van der Waals surface area contributed by atoms with E-state index in [0.29, 0.717) is 18.2 Å². The Morgan fingerprint density at radius 2 is 1.90 bits per heavy atom. The van der Waals surface area contributed by atoms with Crippen molar-refractivity contribution in [1.82, 2.24) is 10.6 Å². The van der Waals surface area contributed by atoms with E-state index in [1.807, 2.05) is 0 Å². The Labute approximate surface area is 124 Å². The van der Waals surface area contributed by atoms with E-state index in [2.05, 4.69) is 16.0 Å². The molecule has 5 nitrogen and oxygen atoms in total. The molecule has 2 amide bonds. The van der Waals surface area contributed by atoms with E-state index in [1.165, 1.54) is 6.42 Å². The van der Waals surface area contributed by atoms with Crippen molar-refractivity contribution in [3.63, 3.8) is 0 Å². The van der Waals surface area contributed by atoms with Crippen LogP contribution in [-0.4, -0.2) is 30.9 Å². The van der Waals surface area contributed by atoms with E-state index in [4.69, 9.17) is 0 Å². The van der Waals surface area contributed by atoms with Crippen LogP contribution >= 0.6 is 0 Å². The summed E-state index contributed by atoms with van der Waals surface area (Å²) in [5, 5.41) is 9.16. The summed E-state index contributed by atoms with van der Waals surface area (Å²) in [7, 11) is 0. The molecule has 3 rings (SSSR count). The van der Waals surface area contributed by atoms with Crippen molar-refractivity contribution in [2.24, 2.45) is 5.92 Å². The van der Waals surface area contributed by atoms with Gasteiger partial charge in [0.2, 0.25) is 5.91 Å². The van der Waals surface area contributed by atoms with Gasteiger partial charge in [-0.15, -0.1) is 0 Å². The van der Waals surface area contributed by atoms with Crippen LogP contribution in [0.15, 0.2) is 24.3 Å². The topological polar surface area (TPSA) is 70.2 Å². The number of hydrogen-bond acceptors (Lipinski definition) is 3. The number of amides is 2. The molecule has 5 heteroatoms. The van der Waals surface area contributed by atoms with Crippen molar-refractivity contribution in [2.75, 3.05) is 18.4 Å². The molecule has 1 unspecified atom stereocenters. The van der Waals surface area contributed by atoms with Gasteiger partial charge in [0.1, 0.15) is 0 Å². The molecule has 0 bridgehead atoms. The third-order valence-corrected chi connectivity index (χ3v) is 4.03. The smallest absolute Gasteiger partial charge is 0.251 e. The second kappa shape index (κ2) is 6.26.